The second-order valence-electron chi connectivity index (χ2n) is 7.41. The molecule has 4 heteroatoms. The number of likely N-dealkylation sites (tertiary alicyclic amines) is 1. The van der Waals surface area contributed by atoms with Gasteiger partial charge in [0.1, 0.15) is 5.82 Å². The van der Waals surface area contributed by atoms with E-state index in [0.29, 0.717) is 24.2 Å². The van der Waals surface area contributed by atoms with E-state index in [1.165, 1.54) is 6.07 Å². The summed E-state index contributed by atoms with van der Waals surface area (Å²) in [7, 11) is 0. The van der Waals surface area contributed by atoms with E-state index in [4.69, 9.17) is 5.73 Å². The second kappa shape index (κ2) is 7.56. The summed E-state index contributed by atoms with van der Waals surface area (Å²) in [6.45, 7) is 3.12. The highest BCUT2D eigenvalue weighted by atomic mass is 19.1. The Morgan fingerprint density at radius 3 is 2.43 bits per heavy atom. The first-order chi connectivity index (χ1) is 13.5. The molecule has 1 fully saturated rings. The van der Waals surface area contributed by atoms with Gasteiger partial charge in [0.25, 0.3) is 5.91 Å². The zero-order valence-corrected chi connectivity index (χ0v) is 15.9. The number of carbonyl (C=O) groups excluding carboxylic acids is 1. The van der Waals surface area contributed by atoms with Crippen LogP contribution >= 0.6 is 0 Å². The van der Waals surface area contributed by atoms with Crippen LogP contribution in [0.4, 0.5) is 4.39 Å². The van der Waals surface area contributed by atoms with Crippen molar-refractivity contribution in [3.63, 3.8) is 0 Å². The maximum atomic E-state index is 14.7. The SMILES string of the molecule is Cc1ccc(-c2ccc(C(=O)N3CC[C@H](N)C3)cc2-c2ccccc2)c(F)c1. The first-order valence-electron chi connectivity index (χ1n) is 9.54. The molecule has 0 bridgehead atoms. The average molecular weight is 374 g/mol. The van der Waals surface area contributed by atoms with Crippen LogP contribution in [-0.4, -0.2) is 29.9 Å². The topological polar surface area (TPSA) is 46.3 Å². The fraction of sp³-hybridized carbons (Fsp3) is 0.208. The molecule has 1 saturated heterocycles. The van der Waals surface area contributed by atoms with E-state index in [-0.39, 0.29) is 17.8 Å². The Labute approximate surface area is 164 Å². The van der Waals surface area contributed by atoms with E-state index in [1.54, 1.807) is 17.0 Å². The van der Waals surface area contributed by atoms with Gasteiger partial charge in [0.05, 0.1) is 0 Å². The Hall–Kier alpha value is -2.98. The minimum atomic E-state index is -0.262. The highest BCUT2D eigenvalue weighted by Crippen LogP contribution is 2.35. The second-order valence-corrected chi connectivity index (χ2v) is 7.41. The number of amides is 1. The Kier molecular flexibility index (Phi) is 4.97. The number of halogens is 1. The van der Waals surface area contributed by atoms with Gasteiger partial charge in [-0.15, -0.1) is 0 Å². The summed E-state index contributed by atoms with van der Waals surface area (Å²) < 4.78 is 14.7. The van der Waals surface area contributed by atoms with Gasteiger partial charge in [0.15, 0.2) is 0 Å². The van der Waals surface area contributed by atoms with Crippen molar-refractivity contribution in [1.29, 1.82) is 0 Å². The molecule has 1 aliphatic heterocycles. The lowest BCUT2D eigenvalue weighted by atomic mass is 9.92. The molecule has 0 aliphatic carbocycles. The lowest BCUT2D eigenvalue weighted by Gasteiger charge is -2.18. The normalized spacial score (nSPS) is 16.4. The minimum Gasteiger partial charge on any atom is -0.337 e. The highest BCUT2D eigenvalue weighted by Gasteiger charge is 2.25. The summed E-state index contributed by atoms with van der Waals surface area (Å²) in [5.41, 5.74) is 10.5. The van der Waals surface area contributed by atoms with Crippen molar-refractivity contribution in [1.82, 2.24) is 4.90 Å². The van der Waals surface area contributed by atoms with Crippen LogP contribution in [0.2, 0.25) is 0 Å². The zero-order chi connectivity index (χ0) is 19.7. The molecule has 142 valence electrons. The quantitative estimate of drug-likeness (QED) is 0.726. The van der Waals surface area contributed by atoms with Crippen molar-refractivity contribution >= 4 is 5.91 Å². The van der Waals surface area contributed by atoms with E-state index in [2.05, 4.69) is 0 Å². The van der Waals surface area contributed by atoms with E-state index >= 15 is 0 Å². The molecular formula is C24H23FN2O. The van der Waals surface area contributed by atoms with Crippen molar-refractivity contribution in [2.45, 2.75) is 19.4 Å². The van der Waals surface area contributed by atoms with Gasteiger partial charge in [-0.1, -0.05) is 48.5 Å². The van der Waals surface area contributed by atoms with Crippen molar-refractivity contribution in [3.8, 4) is 22.3 Å². The summed E-state index contributed by atoms with van der Waals surface area (Å²) >= 11 is 0. The molecule has 4 rings (SSSR count). The summed E-state index contributed by atoms with van der Waals surface area (Å²) in [4.78, 5) is 14.7. The third-order valence-electron chi connectivity index (χ3n) is 5.28. The van der Waals surface area contributed by atoms with Gasteiger partial charge in [-0.3, -0.25) is 4.79 Å². The fourth-order valence-corrected chi connectivity index (χ4v) is 3.76. The first kappa shape index (κ1) is 18.4. The Bertz CT molecular complexity index is 1020. The molecule has 3 aromatic carbocycles. The van der Waals surface area contributed by atoms with Crippen LogP contribution < -0.4 is 5.73 Å². The maximum Gasteiger partial charge on any atom is 0.253 e. The zero-order valence-electron chi connectivity index (χ0n) is 15.9. The van der Waals surface area contributed by atoms with Crippen LogP contribution in [0.3, 0.4) is 0 Å². The molecule has 3 nitrogen and oxygen atoms in total. The molecule has 1 aliphatic rings. The number of nitrogens with zero attached hydrogens (tertiary/aromatic N) is 1. The number of benzene rings is 3. The van der Waals surface area contributed by atoms with E-state index < -0.39 is 0 Å². The molecule has 1 amide bonds. The number of rotatable bonds is 3. The van der Waals surface area contributed by atoms with Gasteiger partial charge in [-0.05, 0) is 53.8 Å². The highest BCUT2D eigenvalue weighted by molar-refractivity contribution is 5.98. The standard InChI is InChI=1S/C24H23FN2O/c1-16-7-9-21(23(25)13-16)20-10-8-18(24(28)27-12-11-19(26)15-27)14-22(20)17-5-3-2-4-6-17/h2-10,13-14,19H,11-12,15,26H2,1H3/t19-/m0/s1. The molecule has 2 N–H and O–H groups in total. The van der Waals surface area contributed by atoms with E-state index in [0.717, 1.165) is 28.7 Å². The van der Waals surface area contributed by atoms with Crippen LogP contribution in [0.25, 0.3) is 22.3 Å². The lowest BCUT2D eigenvalue weighted by molar-refractivity contribution is 0.0791. The van der Waals surface area contributed by atoms with Gasteiger partial charge in [-0.25, -0.2) is 4.39 Å². The molecule has 1 heterocycles. The van der Waals surface area contributed by atoms with Crippen LogP contribution in [0.5, 0.6) is 0 Å². The molecule has 1 atom stereocenters. The number of nitrogens with two attached hydrogens (primary N) is 1. The van der Waals surface area contributed by atoms with Gasteiger partial charge in [0.2, 0.25) is 0 Å². The van der Waals surface area contributed by atoms with Crippen LogP contribution in [-0.2, 0) is 0 Å². The minimum absolute atomic E-state index is 0.0268. The third-order valence-corrected chi connectivity index (χ3v) is 5.28. The predicted molar refractivity (Wildman–Crippen MR) is 111 cm³/mol. The Morgan fingerprint density at radius 1 is 1.00 bits per heavy atom. The monoisotopic (exact) mass is 374 g/mol. The number of hydrogen-bond acceptors (Lipinski definition) is 2. The molecular weight excluding hydrogens is 351 g/mol. The predicted octanol–water partition coefficient (Wildman–Crippen LogP) is 4.64. The summed E-state index contributed by atoms with van der Waals surface area (Å²) in [6.07, 6.45) is 0.823. The largest absolute Gasteiger partial charge is 0.337 e. The molecule has 0 unspecified atom stereocenters. The fourth-order valence-electron chi connectivity index (χ4n) is 3.76. The molecule has 3 aromatic rings. The molecule has 0 aromatic heterocycles. The van der Waals surface area contributed by atoms with Crippen molar-refractivity contribution in [3.05, 3.63) is 83.7 Å². The van der Waals surface area contributed by atoms with Crippen molar-refractivity contribution < 1.29 is 9.18 Å². The summed E-state index contributed by atoms with van der Waals surface area (Å²) in [5, 5.41) is 0. The van der Waals surface area contributed by atoms with Crippen LogP contribution in [0, 0.1) is 12.7 Å². The molecule has 0 spiro atoms. The van der Waals surface area contributed by atoms with Crippen LogP contribution in [0.15, 0.2) is 66.7 Å². The van der Waals surface area contributed by atoms with Gasteiger partial charge in [0, 0.05) is 30.3 Å². The Morgan fingerprint density at radius 2 is 1.75 bits per heavy atom. The van der Waals surface area contributed by atoms with Crippen molar-refractivity contribution in [2.24, 2.45) is 5.73 Å². The van der Waals surface area contributed by atoms with Crippen molar-refractivity contribution in [2.75, 3.05) is 13.1 Å². The van der Waals surface area contributed by atoms with Crippen LogP contribution in [0.1, 0.15) is 22.3 Å². The van der Waals surface area contributed by atoms with Gasteiger partial charge >= 0.3 is 0 Å². The Balaban J connectivity index is 1.82. The van der Waals surface area contributed by atoms with Gasteiger partial charge < -0.3 is 10.6 Å². The number of hydrogen-bond donors (Lipinski definition) is 1. The average Bonchev–Trinajstić information content (AvgIpc) is 3.14. The smallest absolute Gasteiger partial charge is 0.253 e. The third kappa shape index (κ3) is 3.56. The maximum absolute atomic E-state index is 14.7. The number of aryl methyl sites for hydroxylation is 1. The molecule has 0 saturated carbocycles. The van der Waals surface area contributed by atoms with E-state index in [1.807, 2.05) is 55.5 Å². The summed E-state index contributed by atoms with van der Waals surface area (Å²) in [5.74, 6) is -0.289. The lowest BCUT2D eigenvalue weighted by Crippen LogP contribution is -2.31. The first-order valence-corrected chi connectivity index (χ1v) is 9.54. The van der Waals surface area contributed by atoms with E-state index in [9.17, 15) is 9.18 Å². The molecule has 28 heavy (non-hydrogen) atoms. The molecule has 0 radical (unpaired) electrons. The van der Waals surface area contributed by atoms with Gasteiger partial charge in [-0.2, -0.15) is 0 Å². The summed E-state index contributed by atoms with van der Waals surface area (Å²) in [6, 6.07) is 20.6. The number of carbonyl (C=O) groups is 1.